The molecule has 0 spiro atoms. The Hall–Kier alpha value is 2.80. The third kappa shape index (κ3) is 20.0. The van der Waals surface area contributed by atoms with Crippen LogP contribution in [0.1, 0.15) is 0 Å². The fraction of sp³-hybridized carbons (Fsp3) is 0. The molecule has 0 atom stereocenters. The molecular weight excluding hydrogens is 236 g/mol. The minimum absolute atomic E-state index is 0. The van der Waals surface area contributed by atoms with Crippen molar-refractivity contribution >= 4 is 51.4 Å². The van der Waals surface area contributed by atoms with Crippen LogP contribution in [-0.2, 0) is 0 Å². The van der Waals surface area contributed by atoms with E-state index >= 15 is 0 Å². The summed E-state index contributed by atoms with van der Waals surface area (Å²) in [5.41, 5.74) is 0. The molecule has 0 aliphatic rings. The Morgan fingerprint density at radius 1 is 1.00 bits per heavy atom. The van der Waals surface area contributed by atoms with Crippen LogP contribution >= 0.6 is 0 Å². The molecule has 0 radical (unpaired) electrons. The van der Waals surface area contributed by atoms with Gasteiger partial charge in [-0.05, 0) is 0 Å². The number of rotatable bonds is 0. The van der Waals surface area contributed by atoms with Crippen LogP contribution in [0.4, 0.5) is 2.73 Å². The van der Waals surface area contributed by atoms with E-state index in [-0.39, 0.29) is 51.4 Å². The molecule has 27 valence electrons. The van der Waals surface area contributed by atoms with Gasteiger partial charge in [-0.3, -0.25) is 0 Å². The van der Waals surface area contributed by atoms with Crippen molar-refractivity contribution in [3.63, 3.8) is 0 Å². The summed E-state index contributed by atoms with van der Waals surface area (Å²) in [6, 6.07) is 0. The second-order valence-corrected chi connectivity index (χ2v) is 1.56. The number of hydrogen-bond donors (Lipinski definition) is 0. The van der Waals surface area contributed by atoms with E-state index in [1.165, 1.54) is 0 Å². The first kappa shape index (κ1) is 10.7. The Bertz CT molecular complexity index is 11.6. The standard InChI is InChI=1S/Ce.3FH.K.H/h;3*1H;;/q+3;;;;;/p-3. The van der Waals surface area contributed by atoms with Crippen LogP contribution in [0.25, 0.3) is 0 Å². The molecule has 0 aromatic heterocycles. The molecule has 0 aliphatic carbocycles. The molecule has 0 saturated heterocycles. The van der Waals surface area contributed by atoms with Gasteiger partial charge in [0.25, 0.3) is 0 Å². The van der Waals surface area contributed by atoms with Crippen molar-refractivity contribution in [2.45, 2.75) is 0 Å². The van der Waals surface area contributed by atoms with E-state index < -0.39 is 37.9 Å². The molecule has 5 heavy (non-hydrogen) atoms. The van der Waals surface area contributed by atoms with Gasteiger partial charge in [-0.25, -0.2) is 0 Å². The molecule has 0 aliphatic heterocycles. The van der Waals surface area contributed by atoms with Gasteiger partial charge in [-0.15, -0.1) is 0 Å². The van der Waals surface area contributed by atoms with Crippen LogP contribution in [0.5, 0.6) is 0 Å². The van der Waals surface area contributed by atoms with Crippen LogP contribution in [0.15, 0.2) is 0 Å². The van der Waals surface area contributed by atoms with E-state index in [9.17, 15) is 2.73 Å². The molecule has 0 fully saturated rings. The average Bonchev–Trinajstić information content (AvgIpc) is 0.811. The maximum atomic E-state index is 9.88. The summed E-state index contributed by atoms with van der Waals surface area (Å²) in [6.45, 7) is 0. The van der Waals surface area contributed by atoms with E-state index in [1.807, 2.05) is 0 Å². The van der Waals surface area contributed by atoms with Crippen LogP contribution in [0.3, 0.4) is 0 Å². The third-order valence-electron chi connectivity index (χ3n) is 0. The second-order valence-electron chi connectivity index (χ2n) is 0.214. The molecule has 0 aromatic carbocycles. The Morgan fingerprint density at radius 2 is 1.00 bits per heavy atom. The summed E-state index contributed by atoms with van der Waals surface area (Å²) in [4.78, 5) is 0. The van der Waals surface area contributed by atoms with Gasteiger partial charge in [0, 0.05) is 0 Å². The monoisotopic (exact) mass is 237 g/mol. The molecule has 5 heteroatoms. The molecule has 0 aromatic rings. The fourth-order valence-corrected chi connectivity index (χ4v) is 0. The van der Waals surface area contributed by atoms with Crippen molar-refractivity contribution in [2.24, 2.45) is 0 Å². The Balaban J connectivity index is 0. The Labute approximate surface area is 89.2 Å². The Kier molecular flexibility index (Phi) is 14.6. The maximum absolute atomic E-state index is 9.88. The molecule has 0 amide bonds. The molecule has 0 unspecified atom stereocenters. The van der Waals surface area contributed by atoms with Crippen molar-refractivity contribution in [2.75, 3.05) is 0 Å². The fourth-order valence-electron chi connectivity index (χ4n) is 0. The van der Waals surface area contributed by atoms with Gasteiger partial charge in [0.2, 0.25) is 0 Å². The van der Waals surface area contributed by atoms with Crippen molar-refractivity contribution in [3.8, 4) is 0 Å². The molecule has 0 saturated carbocycles. The van der Waals surface area contributed by atoms with Gasteiger partial charge in [-0.1, -0.05) is 0 Å². The third-order valence-corrected chi connectivity index (χ3v) is 0. The first-order valence-electron chi connectivity index (χ1n) is 0.567. The summed E-state index contributed by atoms with van der Waals surface area (Å²) in [5.74, 6) is 0. The molecule has 0 bridgehead atoms. The van der Waals surface area contributed by atoms with Crippen LogP contribution in [0, 0.1) is 37.9 Å². The molecule has 0 heterocycles. The molecule has 0 rings (SSSR count). The first-order chi connectivity index (χ1) is 1.73. The summed E-state index contributed by atoms with van der Waals surface area (Å²) in [7, 11) is 0. The van der Waals surface area contributed by atoms with Crippen molar-refractivity contribution < 1.29 is 40.7 Å². The van der Waals surface area contributed by atoms with E-state index in [2.05, 4.69) is 0 Å². The topological polar surface area (TPSA) is 0 Å². The van der Waals surface area contributed by atoms with E-state index in [4.69, 9.17) is 0 Å². The van der Waals surface area contributed by atoms with E-state index in [1.54, 1.807) is 0 Å². The quantitative estimate of drug-likeness (QED) is 0.542. The molecule has 0 nitrogen and oxygen atoms in total. The van der Waals surface area contributed by atoms with Gasteiger partial charge in [0.15, 0.2) is 0 Å². The Morgan fingerprint density at radius 3 is 1.00 bits per heavy atom. The molecule has 0 N–H and O–H groups in total. The summed E-state index contributed by atoms with van der Waals surface area (Å²) in [5, 5.41) is 0. The van der Waals surface area contributed by atoms with Crippen LogP contribution in [0.2, 0.25) is 0 Å². The van der Waals surface area contributed by atoms with E-state index in [0.717, 1.165) is 0 Å². The predicted octanol–water partition coefficient (Wildman–Crippen LogP) is 0.612. The zero-order valence-corrected chi connectivity index (χ0v) is 4.77. The van der Waals surface area contributed by atoms with E-state index in [0.29, 0.717) is 0 Å². The first-order valence-corrected chi connectivity index (χ1v) is 4.13. The average molecular weight is 237 g/mol. The zero-order chi connectivity index (χ0) is 3.58. The molecular formula is HCeF3K. The SMILES string of the molecule is [F][Ce]([F])[F].[KH]. The van der Waals surface area contributed by atoms with Gasteiger partial charge >= 0.3 is 92.1 Å². The summed E-state index contributed by atoms with van der Waals surface area (Å²) in [6.07, 6.45) is 0. The van der Waals surface area contributed by atoms with Crippen molar-refractivity contribution in [1.82, 2.24) is 0 Å². The van der Waals surface area contributed by atoms with Gasteiger partial charge in [0.1, 0.15) is 0 Å². The van der Waals surface area contributed by atoms with Crippen LogP contribution in [-0.4, -0.2) is 51.4 Å². The number of halogens is 3. The van der Waals surface area contributed by atoms with Gasteiger partial charge < -0.3 is 0 Å². The van der Waals surface area contributed by atoms with Gasteiger partial charge in [-0.2, -0.15) is 0 Å². The summed E-state index contributed by atoms with van der Waals surface area (Å²) >= 11 is -5.16. The van der Waals surface area contributed by atoms with Crippen molar-refractivity contribution in [3.05, 3.63) is 0 Å². The van der Waals surface area contributed by atoms with Crippen molar-refractivity contribution in [1.29, 1.82) is 0 Å². The normalized spacial score (nSPS) is 5.40. The number of hydrogen-bond acceptors (Lipinski definition) is 0. The zero-order valence-electron chi connectivity index (χ0n) is 1.63. The minimum atomic E-state index is -5.16. The second kappa shape index (κ2) is 6.80. The predicted molar refractivity (Wildman–Crippen MR) is 10.5 cm³/mol. The van der Waals surface area contributed by atoms with Crippen LogP contribution < -0.4 is 0 Å². The van der Waals surface area contributed by atoms with Gasteiger partial charge in [0.05, 0.1) is 0 Å². The summed E-state index contributed by atoms with van der Waals surface area (Å²) < 4.78 is 29.6.